The molecule has 7 heteroatoms. The van der Waals surface area contributed by atoms with Crippen molar-refractivity contribution in [3.8, 4) is 0 Å². The summed E-state index contributed by atoms with van der Waals surface area (Å²) in [5.74, 6) is -0.245. The topological polar surface area (TPSA) is 84.9 Å². The van der Waals surface area contributed by atoms with Crippen LogP contribution in [-0.2, 0) is 16.1 Å². The Morgan fingerprint density at radius 1 is 1.53 bits per heavy atom. The van der Waals surface area contributed by atoms with E-state index in [1.807, 2.05) is 0 Å². The van der Waals surface area contributed by atoms with Crippen molar-refractivity contribution in [2.75, 3.05) is 11.9 Å². The molecule has 0 heterocycles. The van der Waals surface area contributed by atoms with E-state index in [4.69, 9.17) is 8.98 Å². The van der Waals surface area contributed by atoms with E-state index >= 15 is 0 Å². The van der Waals surface area contributed by atoms with Crippen molar-refractivity contribution in [2.24, 2.45) is 0 Å². The van der Waals surface area contributed by atoms with E-state index in [9.17, 15) is 8.53 Å². The number of carbonyl (C=O) groups excluding carboxylic acids is 1. The maximum atomic E-state index is 12.1. The van der Waals surface area contributed by atoms with Gasteiger partial charge in [0.2, 0.25) is 0 Å². The molecule has 0 bridgehead atoms. The van der Waals surface area contributed by atoms with Gasteiger partial charge in [0.1, 0.15) is 0 Å². The van der Waals surface area contributed by atoms with Crippen LogP contribution < -0.4 is 9.67 Å². The molecule has 0 fully saturated rings. The molecule has 0 aliphatic heterocycles. The predicted octanol–water partition coefficient (Wildman–Crippen LogP) is 0.747. The van der Waals surface area contributed by atoms with Gasteiger partial charge < -0.3 is 0 Å². The quantitative estimate of drug-likeness (QED) is 0.476. The van der Waals surface area contributed by atoms with Crippen LogP contribution in [0.25, 0.3) is 0 Å². The minimum absolute atomic E-state index is 0.154. The van der Waals surface area contributed by atoms with Gasteiger partial charge in [-0.1, -0.05) is 0 Å². The van der Waals surface area contributed by atoms with E-state index in [0.29, 0.717) is 5.69 Å². The van der Waals surface area contributed by atoms with Crippen LogP contribution in [0.2, 0.25) is 0 Å². The third-order valence-corrected chi connectivity index (χ3v) is 5.51. The van der Waals surface area contributed by atoms with Gasteiger partial charge in [-0.05, 0) is 0 Å². The van der Waals surface area contributed by atoms with Gasteiger partial charge in [-0.2, -0.15) is 0 Å². The number of rotatable bonds is 5. The van der Waals surface area contributed by atoms with Gasteiger partial charge >= 0.3 is 102 Å². The second-order valence-corrected chi connectivity index (χ2v) is 7.28. The van der Waals surface area contributed by atoms with Gasteiger partial charge in [0.15, 0.2) is 0 Å². The predicted molar refractivity (Wildman–Crippen MR) is 62.2 cm³/mol. The standard InChI is InChI=1S/C10H14AsNO5/c1-3-16-11(14,17-15)9-5-4-6-10(7-9)12-8(2)13/h4-7,15H,3H2,1-2H3,(H,12,13). The van der Waals surface area contributed by atoms with Crippen molar-refractivity contribution < 1.29 is 21.4 Å². The summed E-state index contributed by atoms with van der Waals surface area (Å²) in [6.45, 7) is 3.16. The molecule has 94 valence electrons. The summed E-state index contributed by atoms with van der Waals surface area (Å²) in [5, 5.41) is 11.2. The molecule has 1 aromatic rings. The zero-order valence-corrected chi connectivity index (χ0v) is 11.4. The molecule has 0 saturated carbocycles. The Morgan fingerprint density at radius 2 is 2.24 bits per heavy atom. The van der Waals surface area contributed by atoms with Crippen LogP contribution in [0.15, 0.2) is 24.3 Å². The molecule has 0 radical (unpaired) electrons. The first-order valence-corrected chi connectivity index (χ1v) is 8.21. The zero-order valence-electron chi connectivity index (χ0n) is 9.54. The van der Waals surface area contributed by atoms with Crippen LogP contribution in [0.4, 0.5) is 5.69 Å². The number of anilines is 1. The summed E-state index contributed by atoms with van der Waals surface area (Å²) >= 11 is -4.39. The van der Waals surface area contributed by atoms with E-state index in [0.717, 1.165) is 0 Å². The molecule has 0 aliphatic rings. The Kier molecular flexibility index (Phi) is 4.96. The second-order valence-electron chi connectivity index (χ2n) is 3.23. The van der Waals surface area contributed by atoms with Crippen LogP contribution in [0.1, 0.15) is 13.8 Å². The summed E-state index contributed by atoms with van der Waals surface area (Å²) in [7, 11) is 0. The Hall–Kier alpha value is -1.07. The molecule has 1 amide bonds. The fraction of sp³-hybridized carbons (Fsp3) is 0.300. The Labute approximate surface area is 102 Å². The summed E-state index contributed by atoms with van der Waals surface area (Å²) in [4.78, 5) is 10.9. The van der Waals surface area contributed by atoms with Crippen LogP contribution in [0.5, 0.6) is 0 Å². The first-order valence-electron chi connectivity index (χ1n) is 4.98. The molecule has 1 rings (SSSR count). The molecule has 1 atom stereocenters. The van der Waals surface area contributed by atoms with Gasteiger partial charge in [-0.3, -0.25) is 0 Å². The van der Waals surface area contributed by atoms with Crippen LogP contribution in [-0.4, -0.2) is 31.9 Å². The van der Waals surface area contributed by atoms with Gasteiger partial charge in [-0.15, -0.1) is 0 Å². The fourth-order valence-corrected chi connectivity index (χ4v) is 3.78. The van der Waals surface area contributed by atoms with Crippen molar-refractivity contribution in [1.29, 1.82) is 0 Å². The van der Waals surface area contributed by atoms with E-state index in [-0.39, 0.29) is 16.9 Å². The molecular formula is C10H14AsNO5. The van der Waals surface area contributed by atoms with Crippen LogP contribution in [0.3, 0.4) is 0 Å². The first-order chi connectivity index (χ1) is 8.01. The molecule has 17 heavy (non-hydrogen) atoms. The Morgan fingerprint density at radius 3 is 2.76 bits per heavy atom. The number of hydrogen-bond donors (Lipinski definition) is 2. The first kappa shape index (κ1) is 14.0. The summed E-state index contributed by atoms with van der Waals surface area (Å²) < 4.78 is 21.3. The average molecular weight is 303 g/mol. The summed E-state index contributed by atoms with van der Waals surface area (Å²) in [6, 6.07) is 6.19. The second kappa shape index (κ2) is 6.02. The molecular weight excluding hydrogens is 289 g/mol. The number of nitrogens with one attached hydrogen (secondary N) is 1. The van der Waals surface area contributed by atoms with Crippen molar-refractivity contribution in [3.63, 3.8) is 0 Å². The monoisotopic (exact) mass is 303 g/mol. The van der Waals surface area contributed by atoms with Crippen molar-refractivity contribution in [2.45, 2.75) is 13.8 Å². The SMILES string of the molecule is CCO[As](=O)(OO)c1cccc(NC(C)=O)c1. The van der Waals surface area contributed by atoms with Crippen molar-refractivity contribution in [1.82, 2.24) is 0 Å². The van der Waals surface area contributed by atoms with E-state index in [1.54, 1.807) is 19.1 Å². The normalized spacial score (nSPS) is 14.1. The molecule has 2 N–H and O–H groups in total. The van der Waals surface area contributed by atoms with Crippen molar-refractivity contribution >= 4 is 30.1 Å². The molecule has 0 saturated heterocycles. The summed E-state index contributed by atoms with van der Waals surface area (Å²) in [6.07, 6.45) is 0. The van der Waals surface area contributed by atoms with Gasteiger partial charge in [0, 0.05) is 0 Å². The van der Waals surface area contributed by atoms with Gasteiger partial charge in [0.25, 0.3) is 0 Å². The van der Waals surface area contributed by atoms with Crippen molar-refractivity contribution in [3.05, 3.63) is 24.3 Å². The van der Waals surface area contributed by atoms with Crippen LogP contribution in [0, 0.1) is 0 Å². The van der Waals surface area contributed by atoms with E-state index < -0.39 is 14.2 Å². The molecule has 1 unspecified atom stereocenters. The van der Waals surface area contributed by atoms with Gasteiger partial charge in [-0.25, -0.2) is 0 Å². The molecule has 6 nitrogen and oxygen atoms in total. The Bertz CT molecular complexity index is 448. The average Bonchev–Trinajstić information content (AvgIpc) is 2.28. The van der Waals surface area contributed by atoms with E-state index in [2.05, 4.69) is 9.19 Å². The zero-order chi connectivity index (χ0) is 12.9. The third kappa shape index (κ3) is 3.71. The van der Waals surface area contributed by atoms with E-state index in [1.165, 1.54) is 19.1 Å². The van der Waals surface area contributed by atoms with Gasteiger partial charge in [0.05, 0.1) is 0 Å². The molecule has 0 aromatic heterocycles. The minimum atomic E-state index is -4.39. The number of carbonyl (C=O) groups is 1. The molecule has 0 aliphatic carbocycles. The number of amides is 1. The number of hydrogen-bond acceptors (Lipinski definition) is 5. The maximum absolute atomic E-state index is 12.1. The van der Waals surface area contributed by atoms with Crippen LogP contribution >= 0.6 is 0 Å². The summed E-state index contributed by atoms with van der Waals surface area (Å²) in [5.41, 5.74) is 0.466. The number of benzene rings is 1. The third-order valence-electron chi connectivity index (χ3n) is 1.89. The Balaban J connectivity index is 3.04. The fourth-order valence-electron chi connectivity index (χ4n) is 1.27. The molecule has 0 spiro atoms. The molecule has 1 aromatic carbocycles.